The lowest BCUT2D eigenvalue weighted by atomic mass is 10.0. The van der Waals surface area contributed by atoms with Crippen LogP contribution in [-0.2, 0) is 28.3 Å². The van der Waals surface area contributed by atoms with Gasteiger partial charge >= 0.3 is 0 Å². The Hall–Kier alpha value is -3.12. The first-order valence-corrected chi connectivity index (χ1v) is 13.6. The smallest absolute Gasteiger partial charge is 0.243 e. The van der Waals surface area contributed by atoms with Gasteiger partial charge in [-0.3, -0.25) is 9.59 Å². The quantitative estimate of drug-likeness (QED) is 0.293. The zero-order valence-electron chi connectivity index (χ0n) is 21.1. The highest BCUT2D eigenvalue weighted by Gasteiger charge is 2.30. The molecule has 1 N–H and O–H groups in total. The number of aryl methyl sites for hydroxylation is 1. The van der Waals surface area contributed by atoms with E-state index in [1.54, 1.807) is 17.0 Å². The molecule has 4 nitrogen and oxygen atoms in total. The fourth-order valence-corrected chi connectivity index (χ4v) is 4.74. The molecule has 0 radical (unpaired) electrons. The Morgan fingerprint density at radius 3 is 2.25 bits per heavy atom. The molecule has 0 aliphatic heterocycles. The molecule has 0 aliphatic carbocycles. The molecule has 6 heteroatoms. The molecule has 3 aromatic carbocycles. The summed E-state index contributed by atoms with van der Waals surface area (Å²) < 4.78 is 13.2. The van der Waals surface area contributed by atoms with Crippen LogP contribution in [0.15, 0.2) is 78.9 Å². The van der Waals surface area contributed by atoms with Gasteiger partial charge < -0.3 is 10.2 Å². The first-order valence-electron chi connectivity index (χ1n) is 12.4. The SMILES string of the molecule is CCCCNC(=O)[C@H](Cc1ccccc1)N(Cc1ccc(C)cc1)C(=O)CSCc1ccc(F)cc1. The number of benzene rings is 3. The molecule has 36 heavy (non-hydrogen) atoms. The molecule has 0 saturated carbocycles. The molecule has 3 rings (SSSR count). The molecule has 0 heterocycles. The molecule has 0 bridgehead atoms. The van der Waals surface area contributed by atoms with Crippen LogP contribution in [0, 0.1) is 12.7 Å². The summed E-state index contributed by atoms with van der Waals surface area (Å²) in [5.74, 6) is 0.334. The third kappa shape index (κ3) is 8.83. The Morgan fingerprint density at radius 2 is 1.58 bits per heavy atom. The van der Waals surface area contributed by atoms with Gasteiger partial charge in [0.2, 0.25) is 11.8 Å². The lowest BCUT2D eigenvalue weighted by Gasteiger charge is -2.31. The molecule has 0 unspecified atom stereocenters. The minimum Gasteiger partial charge on any atom is -0.354 e. The predicted molar refractivity (Wildman–Crippen MR) is 146 cm³/mol. The highest BCUT2D eigenvalue weighted by molar-refractivity contribution is 7.99. The van der Waals surface area contributed by atoms with E-state index in [4.69, 9.17) is 0 Å². The van der Waals surface area contributed by atoms with Gasteiger partial charge in [-0.1, -0.05) is 85.6 Å². The van der Waals surface area contributed by atoms with E-state index in [-0.39, 0.29) is 23.4 Å². The number of carbonyl (C=O) groups excluding carboxylic acids is 2. The summed E-state index contributed by atoms with van der Waals surface area (Å²) in [4.78, 5) is 28.7. The predicted octanol–water partition coefficient (Wildman–Crippen LogP) is 5.92. The van der Waals surface area contributed by atoms with Gasteiger partial charge in [0, 0.05) is 25.3 Å². The number of halogens is 1. The average Bonchev–Trinajstić information content (AvgIpc) is 2.89. The lowest BCUT2D eigenvalue weighted by Crippen LogP contribution is -2.51. The topological polar surface area (TPSA) is 49.4 Å². The monoisotopic (exact) mass is 506 g/mol. The van der Waals surface area contributed by atoms with Crippen LogP contribution < -0.4 is 5.32 Å². The van der Waals surface area contributed by atoms with Gasteiger partial charge in [-0.15, -0.1) is 11.8 Å². The van der Waals surface area contributed by atoms with Crippen molar-refractivity contribution in [1.29, 1.82) is 0 Å². The summed E-state index contributed by atoms with van der Waals surface area (Å²) in [6.07, 6.45) is 2.32. The Bertz CT molecular complexity index is 1090. The van der Waals surface area contributed by atoms with Crippen molar-refractivity contribution in [3.8, 4) is 0 Å². The fraction of sp³-hybridized carbons (Fsp3) is 0.333. The summed E-state index contributed by atoms with van der Waals surface area (Å²) in [6, 6.07) is 23.6. The van der Waals surface area contributed by atoms with Gasteiger partial charge in [0.25, 0.3) is 0 Å². The first kappa shape index (κ1) is 27.5. The second kappa shape index (κ2) is 14.4. The van der Waals surface area contributed by atoms with Crippen molar-refractivity contribution in [3.05, 3.63) is 107 Å². The summed E-state index contributed by atoms with van der Waals surface area (Å²) >= 11 is 1.47. The van der Waals surface area contributed by atoms with Crippen LogP contribution in [0.2, 0.25) is 0 Å². The Kier molecular flexibility index (Phi) is 11.0. The molecule has 190 valence electrons. The van der Waals surface area contributed by atoms with E-state index in [0.717, 1.165) is 35.1 Å². The number of carbonyl (C=O) groups is 2. The zero-order chi connectivity index (χ0) is 25.8. The maximum atomic E-state index is 13.6. The lowest BCUT2D eigenvalue weighted by molar-refractivity contribution is -0.139. The molecule has 0 fully saturated rings. The van der Waals surface area contributed by atoms with Crippen LogP contribution in [0.25, 0.3) is 0 Å². The van der Waals surface area contributed by atoms with Crippen LogP contribution in [0.1, 0.15) is 42.0 Å². The fourth-order valence-electron chi connectivity index (χ4n) is 3.87. The van der Waals surface area contributed by atoms with Gasteiger partial charge in [0.15, 0.2) is 0 Å². The van der Waals surface area contributed by atoms with Crippen LogP contribution in [-0.4, -0.2) is 35.1 Å². The minimum absolute atomic E-state index is 0.0886. The van der Waals surface area contributed by atoms with Gasteiger partial charge in [0.05, 0.1) is 5.75 Å². The van der Waals surface area contributed by atoms with Crippen LogP contribution in [0.3, 0.4) is 0 Å². The maximum Gasteiger partial charge on any atom is 0.243 e. The maximum absolute atomic E-state index is 13.6. The van der Waals surface area contributed by atoms with Crippen molar-refractivity contribution in [2.45, 2.75) is 51.4 Å². The molecular formula is C30H35FN2O2S. The molecular weight excluding hydrogens is 471 g/mol. The van der Waals surface area contributed by atoms with Crippen molar-refractivity contribution in [1.82, 2.24) is 10.2 Å². The number of thioether (sulfide) groups is 1. The van der Waals surface area contributed by atoms with Crippen molar-refractivity contribution in [3.63, 3.8) is 0 Å². The molecule has 1 atom stereocenters. The summed E-state index contributed by atoms with van der Waals surface area (Å²) in [7, 11) is 0. The highest BCUT2D eigenvalue weighted by Crippen LogP contribution is 2.19. The third-order valence-corrected chi connectivity index (χ3v) is 6.97. The van der Waals surface area contributed by atoms with Gasteiger partial charge in [-0.25, -0.2) is 4.39 Å². The van der Waals surface area contributed by atoms with E-state index in [1.807, 2.05) is 61.5 Å². The third-order valence-electron chi connectivity index (χ3n) is 5.98. The molecule has 0 aliphatic rings. The van der Waals surface area contributed by atoms with Crippen molar-refractivity contribution in [2.24, 2.45) is 0 Å². The number of unbranched alkanes of at least 4 members (excludes halogenated alkanes) is 1. The number of nitrogens with one attached hydrogen (secondary N) is 1. The van der Waals surface area contributed by atoms with E-state index < -0.39 is 6.04 Å². The molecule has 0 aromatic heterocycles. The van der Waals surface area contributed by atoms with E-state index in [0.29, 0.717) is 25.3 Å². The highest BCUT2D eigenvalue weighted by atomic mass is 32.2. The Labute approximate surface area is 218 Å². The molecule has 2 amide bonds. The Balaban J connectivity index is 1.81. The van der Waals surface area contributed by atoms with Crippen molar-refractivity contribution in [2.75, 3.05) is 12.3 Å². The van der Waals surface area contributed by atoms with Crippen LogP contribution in [0.5, 0.6) is 0 Å². The number of hydrogen-bond donors (Lipinski definition) is 1. The zero-order valence-corrected chi connectivity index (χ0v) is 21.9. The van der Waals surface area contributed by atoms with Crippen LogP contribution >= 0.6 is 11.8 Å². The van der Waals surface area contributed by atoms with Crippen molar-refractivity contribution >= 4 is 23.6 Å². The number of nitrogens with zero attached hydrogens (tertiary/aromatic N) is 1. The summed E-state index contributed by atoms with van der Waals surface area (Å²) in [5.41, 5.74) is 4.09. The van der Waals surface area contributed by atoms with Gasteiger partial charge in [-0.2, -0.15) is 0 Å². The Morgan fingerprint density at radius 1 is 0.917 bits per heavy atom. The number of hydrogen-bond acceptors (Lipinski definition) is 3. The normalized spacial score (nSPS) is 11.6. The second-order valence-electron chi connectivity index (χ2n) is 8.98. The van der Waals surface area contributed by atoms with Gasteiger partial charge in [0.1, 0.15) is 11.9 Å². The molecule has 0 spiro atoms. The number of amides is 2. The minimum atomic E-state index is -0.621. The van der Waals surface area contributed by atoms with E-state index in [1.165, 1.54) is 23.9 Å². The van der Waals surface area contributed by atoms with Gasteiger partial charge in [-0.05, 0) is 42.2 Å². The largest absolute Gasteiger partial charge is 0.354 e. The second-order valence-corrected chi connectivity index (χ2v) is 9.96. The van der Waals surface area contributed by atoms with E-state index >= 15 is 0 Å². The van der Waals surface area contributed by atoms with E-state index in [9.17, 15) is 14.0 Å². The van der Waals surface area contributed by atoms with Crippen molar-refractivity contribution < 1.29 is 14.0 Å². The summed E-state index contributed by atoms with van der Waals surface area (Å²) in [6.45, 7) is 5.05. The molecule has 3 aromatic rings. The molecule has 0 saturated heterocycles. The average molecular weight is 507 g/mol. The standard InChI is InChI=1S/C30H35FN2O2S/c1-3-4-18-32-30(35)28(19-24-8-6-5-7-9-24)33(20-25-12-10-23(2)11-13-25)29(34)22-36-21-26-14-16-27(31)17-15-26/h5-17,28H,3-4,18-22H2,1-2H3,(H,32,35)/t28-/m0/s1. The van der Waals surface area contributed by atoms with Crippen LogP contribution in [0.4, 0.5) is 4.39 Å². The number of rotatable bonds is 13. The van der Waals surface area contributed by atoms with E-state index in [2.05, 4.69) is 12.2 Å². The first-order chi connectivity index (χ1) is 17.5. The summed E-state index contributed by atoms with van der Waals surface area (Å²) in [5, 5.41) is 3.05.